The highest BCUT2D eigenvalue weighted by Crippen LogP contribution is 2.28. The molecule has 0 saturated carbocycles. The summed E-state index contributed by atoms with van der Waals surface area (Å²) >= 11 is 0. The molecule has 0 aliphatic carbocycles. The molecule has 0 radical (unpaired) electrons. The quantitative estimate of drug-likeness (QED) is 0.443. The van der Waals surface area contributed by atoms with Gasteiger partial charge >= 0.3 is 0 Å². The zero-order valence-electron chi connectivity index (χ0n) is 11.6. The Labute approximate surface area is 109 Å². The van der Waals surface area contributed by atoms with Crippen LogP contribution in [-0.2, 0) is 0 Å². The molecule has 3 rings (SSSR count). The summed E-state index contributed by atoms with van der Waals surface area (Å²) in [7, 11) is 0. The lowest BCUT2D eigenvalue weighted by Gasteiger charge is -2.08. The van der Waals surface area contributed by atoms with E-state index >= 15 is 0 Å². The highest BCUT2D eigenvalue weighted by molar-refractivity contribution is 6.02. The summed E-state index contributed by atoms with van der Waals surface area (Å²) in [5.74, 6) is 0. The van der Waals surface area contributed by atoms with Gasteiger partial charge in [-0.05, 0) is 47.0 Å². The Morgan fingerprint density at radius 3 is 2.11 bits per heavy atom. The summed E-state index contributed by atoms with van der Waals surface area (Å²) in [6.45, 7) is 8.36. The molecule has 0 heteroatoms. The van der Waals surface area contributed by atoms with Crippen molar-refractivity contribution in [3.8, 4) is 0 Å². The first-order chi connectivity index (χ1) is 8.75. The van der Waals surface area contributed by atoms with Gasteiger partial charge in [-0.2, -0.15) is 0 Å². The number of aryl methyl sites for hydroxylation is 2. The van der Waals surface area contributed by atoms with E-state index in [1.54, 1.807) is 0 Å². The minimum atomic E-state index is 1.32. The minimum Gasteiger partial charge on any atom is -0.0683 e. The van der Waals surface area contributed by atoms with Crippen molar-refractivity contribution in [1.82, 2.24) is 0 Å². The lowest BCUT2D eigenvalue weighted by molar-refractivity contribution is 1.49. The summed E-state index contributed by atoms with van der Waals surface area (Å²) in [6, 6.07) is 17.5. The molecule has 0 aliphatic heterocycles. The van der Waals surface area contributed by atoms with Crippen molar-refractivity contribution in [2.75, 3.05) is 0 Å². The Hall–Kier alpha value is -1.82. The lowest BCUT2D eigenvalue weighted by atomic mass is 9.97. The maximum absolute atomic E-state index is 2.27. The molecule has 92 valence electrons. The van der Waals surface area contributed by atoms with Crippen LogP contribution in [0.4, 0.5) is 0 Å². The SMILES string of the molecule is CC.Cc1ccc2cc3ccccc3c(C)c2c1. The van der Waals surface area contributed by atoms with E-state index in [1.807, 2.05) is 13.8 Å². The van der Waals surface area contributed by atoms with Gasteiger partial charge in [0.1, 0.15) is 0 Å². The topological polar surface area (TPSA) is 0 Å². The van der Waals surface area contributed by atoms with E-state index in [9.17, 15) is 0 Å². The standard InChI is InChI=1S/C16H14.C2H6/c1-11-7-8-14-10-13-5-3-4-6-15(13)12(2)16(14)9-11;1-2/h3-10H,1-2H3;1-2H3. The summed E-state index contributed by atoms with van der Waals surface area (Å²) in [4.78, 5) is 0. The monoisotopic (exact) mass is 236 g/mol. The second-order valence-electron chi connectivity index (χ2n) is 4.45. The van der Waals surface area contributed by atoms with Crippen molar-refractivity contribution in [2.24, 2.45) is 0 Å². The molecule has 3 aromatic carbocycles. The van der Waals surface area contributed by atoms with Crippen LogP contribution in [0.1, 0.15) is 25.0 Å². The molecule has 0 saturated heterocycles. The molecule has 0 aromatic heterocycles. The molecule has 0 atom stereocenters. The van der Waals surface area contributed by atoms with Gasteiger partial charge < -0.3 is 0 Å². The molecular formula is C18H20. The number of benzene rings is 3. The lowest BCUT2D eigenvalue weighted by Crippen LogP contribution is -1.83. The molecule has 0 bridgehead atoms. The van der Waals surface area contributed by atoms with E-state index in [2.05, 4.69) is 62.4 Å². The minimum absolute atomic E-state index is 1.32. The summed E-state index contributed by atoms with van der Waals surface area (Å²) < 4.78 is 0. The maximum Gasteiger partial charge on any atom is -0.0146 e. The first kappa shape index (κ1) is 12.6. The molecule has 3 aromatic rings. The van der Waals surface area contributed by atoms with Crippen molar-refractivity contribution < 1.29 is 0 Å². The third kappa shape index (κ3) is 2.11. The second-order valence-corrected chi connectivity index (χ2v) is 4.45. The van der Waals surface area contributed by atoms with Gasteiger partial charge in [-0.1, -0.05) is 61.9 Å². The first-order valence-electron chi connectivity index (χ1n) is 6.64. The predicted octanol–water partition coefficient (Wildman–Crippen LogP) is 5.64. The van der Waals surface area contributed by atoms with Crippen LogP contribution in [0.15, 0.2) is 48.5 Å². The number of rotatable bonds is 0. The van der Waals surface area contributed by atoms with Gasteiger partial charge in [0.2, 0.25) is 0 Å². The first-order valence-corrected chi connectivity index (χ1v) is 6.64. The van der Waals surface area contributed by atoms with E-state index in [4.69, 9.17) is 0 Å². The van der Waals surface area contributed by atoms with E-state index in [0.717, 1.165) is 0 Å². The third-order valence-electron chi connectivity index (χ3n) is 3.29. The molecule has 0 spiro atoms. The van der Waals surface area contributed by atoms with Crippen molar-refractivity contribution >= 4 is 21.5 Å². The van der Waals surface area contributed by atoms with E-state index in [1.165, 1.54) is 32.7 Å². The smallest absolute Gasteiger partial charge is 0.0146 e. The Morgan fingerprint density at radius 1 is 0.667 bits per heavy atom. The highest BCUT2D eigenvalue weighted by atomic mass is 14.1. The van der Waals surface area contributed by atoms with Crippen LogP contribution in [0, 0.1) is 13.8 Å². The molecule has 0 N–H and O–H groups in total. The van der Waals surface area contributed by atoms with Crippen molar-refractivity contribution in [1.29, 1.82) is 0 Å². The number of hydrogen-bond donors (Lipinski definition) is 0. The van der Waals surface area contributed by atoms with Crippen LogP contribution in [0.5, 0.6) is 0 Å². The molecule has 18 heavy (non-hydrogen) atoms. The largest absolute Gasteiger partial charge is 0.0683 e. The van der Waals surface area contributed by atoms with Gasteiger partial charge in [0.25, 0.3) is 0 Å². The maximum atomic E-state index is 2.27. The fourth-order valence-electron chi connectivity index (χ4n) is 2.40. The number of fused-ring (bicyclic) bond motifs is 2. The van der Waals surface area contributed by atoms with Crippen LogP contribution < -0.4 is 0 Å². The van der Waals surface area contributed by atoms with Gasteiger partial charge in [0, 0.05) is 0 Å². The second kappa shape index (κ2) is 5.22. The highest BCUT2D eigenvalue weighted by Gasteiger charge is 2.03. The van der Waals surface area contributed by atoms with Crippen LogP contribution in [-0.4, -0.2) is 0 Å². The average molecular weight is 236 g/mol. The Bertz CT molecular complexity index is 678. The molecule has 0 fully saturated rings. The Kier molecular flexibility index (Phi) is 3.66. The third-order valence-corrected chi connectivity index (χ3v) is 3.29. The Morgan fingerprint density at radius 2 is 1.33 bits per heavy atom. The summed E-state index contributed by atoms with van der Waals surface area (Å²) in [5.41, 5.74) is 2.71. The van der Waals surface area contributed by atoms with Gasteiger partial charge in [-0.15, -0.1) is 0 Å². The fourth-order valence-corrected chi connectivity index (χ4v) is 2.40. The van der Waals surface area contributed by atoms with Gasteiger partial charge in [-0.25, -0.2) is 0 Å². The molecular weight excluding hydrogens is 216 g/mol. The van der Waals surface area contributed by atoms with Crippen molar-refractivity contribution in [2.45, 2.75) is 27.7 Å². The van der Waals surface area contributed by atoms with E-state index in [0.29, 0.717) is 0 Å². The van der Waals surface area contributed by atoms with Gasteiger partial charge in [0.15, 0.2) is 0 Å². The van der Waals surface area contributed by atoms with Gasteiger partial charge in [-0.3, -0.25) is 0 Å². The van der Waals surface area contributed by atoms with E-state index < -0.39 is 0 Å². The normalized spacial score (nSPS) is 10.2. The van der Waals surface area contributed by atoms with E-state index in [-0.39, 0.29) is 0 Å². The summed E-state index contributed by atoms with van der Waals surface area (Å²) in [5, 5.41) is 5.40. The Balaban J connectivity index is 0.000000574. The molecule has 0 nitrogen and oxygen atoms in total. The van der Waals surface area contributed by atoms with Crippen LogP contribution in [0.3, 0.4) is 0 Å². The van der Waals surface area contributed by atoms with Crippen LogP contribution in [0.25, 0.3) is 21.5 Å². The fraction of sp³-hybridized carbons (Fsp3) is 0.222. The molecule has 0 aliphatic rings. The molecule has 0 amide bonds. The van der Waals surface area contributed by atoms with Crippen molar-refractivity contribution in [3.05, 3.63) is 59.7 Å². The zero-order valence-corrected chi connectivity index (χ0v) is 11.6. The van der Waals surface area contributed by atoms with Crippen molar-refractivity contribution in [3.63, 3.8) is 0 Å². The summed E-state index contributed by atoms with van der Waals surface area (Å²) in [6.07, 6.45) is 0. The molecule has 0 unspecified atom stereocenters. The van der Waals surface area contributed by atoms with Gasteiger partial charge in [0.05, 0.1) is 0 Å². The number of hydrogen-bond acceptors (Lipinski definition) is 0. The van der Waals surface area contributed by atoms with Crippen LogP contribution in [0.2, 0.25) is 0 Å². The zero-order chi connectivity index (χ0) is 13.1. The molecule has 0 heterocycles. The average Bonchev–Trinajstić information content (AvgIpc) is 2.42. The predicted molar refractivity (Wildman–Crippen MR) is 82.3 cm³/mol. The van der Waals surface area contributed by atoms with Crippen LogP contribution >= 0.6 is 0 Å².